The summed E-state index contributed by atoms with van der Waals surface area (Å²) in [5.74, 6) is 6.02. The third-order valence-electron chi connectivity index (χ3n) is 2.89. The molecule has 0 aliphatic carbocycles. The zero-order chi connectivity index (χ0) is 12.3. The first-order chi connectivity index (χ1) is 8.24. The van der Waals surface area contributed by atoms with Crippen LogP contribution in [0.2, 0.25) is 0 Å². The summed E-state index contributed by atoms with van der Waals surface area (Å²) in [5.41, 5.74) is 3.43. The van der Waals surface area contributed by atoms with Crippen LogP contribution >= 0.6 is 0 Å². The Labute approximate surface area is 99.8 Å². The molecule has 2 rings (SSSR count). The second kappa shape index (κ2) is 5.29. The molecular weight excluding hydrogens is 219 g/mol. The molecule has 3 N–H and O–H groups in total. The third kappa shape index (κ3) is 2.65. The summed E-state index contributed by atoms with van der Waals surface area (Å²) in [4.78, 5) is 0. The average molecular weight is 236 g/mol. The molecule has 1 unspecified atom stereocenters. The van der Waals surface area contributed by atoms with Crippen molar-refractivity contribution in [1.82, 2.24) is 5.43 Å². The Morgan fingerprint density at radius 1 is 1.41 bits per heavy atom. The van der Waals surface area contributed by atoms with Crippen molar-refractivity contribution in [1.29, 1.82) is 0 Å². The highest BCUT2D eigenvalue weighted by Gasteiger charge is 2.14. The molecule has 92 valence electrons. The van der Waals surface area contributed by atoms with Crippen molar-refractivity contribution in [2.24, 2.45) is 5.84 Å². The Kier molecular flexibility index (Phi) is 3.76. The molecule has 0 radical (unpaired) electrons. The van der Waals surface area contributed by atoms with Crippen molar-refractivity contribution >= 4 is 11.0 Å². The smallest absolute Gasteiger partial charge is 0.134 e. The second-order valence-electron chi connectivity index (χ2n) is 4.19. The third-order valence-corrected chi connectivity index (χ3v) is 2.89. The van der Waals surface area contributed by atoms with Gasteiger partial charge in [0.1, 0.15) is 17.2 Å². The van der Waals surface area contributed by atoms with Crippen LogP contribution in [0.1, 0.15) is 38.0 Å². The van der Waals surface area contributed by atoms with E-state index in [0.717, 1.165) is 30.4 Å². The second-order valence-corrected chi connectivity index (χ2v) is 4.19. The van der Waals surface area contributed by atoms with E-state index in [1.54, 1.807) is 6.07 Å². The first kappa shape index (κ1) is 12.1. The molecule has 1 atom stereocenters. The van der Waals surface area contributed by atoms with E-state index < -0.39 is 0 Å². The summed E-state index contributed by atoms with van der Waals surface area (Å²) in [7, 11) is 0. The fraction of sp³-hybridized carbons (Fsp3) is 0.385. The number of benzene rings is 1. The minimum absolute atomic E-state index is 0.00888. The minimum atomic E-state index is -0.254. The van der Waals surface area contributed by atoms with Crippen molar-refractivity contribution in [2.45, 2.75) is 32.2 Å². The van der Waals surface area contributed by atoms with Crippen LogP contribution in [0, 0.1) is 5.82 Å². The highest BCUT2D eigenvalue weighted by Crippen LogP contribution is 2.26. The van der Waals surface area contributed by atoms with E-state index >= 15 is 0 Å². The molecule has 17 heavy (non-hydrogen) atoms. The van der Waals surface area contributed by atoms with Gasteiger partial charge in [0.05, 0.1) is 6.04 Å². The molecule has 0 saturated heterocycles. The van der Waals surface area contributed by atoms with Crippen molar-refractivity contribution in [3.8, 4) is 0 Å². The summed E-state index contributed by atoms with van der Waals surface area (Å²) in [5, 5.41) is 0.775. The molecule has 0 aliphatic heterocycles. The van der Waals surface area contributed by atoms with E-state index in [1.807, 2.05) is 6.07 Å². The molecule has 1 aromatic heterocycles. The van der Waals surface area contributed by atoms with Gasteiger partial charge in [-0.3, -0.25) is 5.84 Å². The molecule has 0 saturated carbocycles. The summed E-state index contributed by atoms with van der Waals surface area (Å²) in [6.07, 6.45) is 3.09. The molecule has 0 bridgehead atoms. The number of fused-ring (bicyclic) bond motifs is 1. The quantitative estimate of drug-likeness (QED) is 0.618. The van der Waals surface area contributed by atoms with Gasteiger partial charge in [-0.05, 0) is 30.7 Å². The van der Waals surface area contributed by atoms with Crippen molar-refractivity contribution in [2.75, 3.05) is 0 Å². The number of hydrogen-bond acceptors (Lipinski definition) is 3. The molecule has 3 nitrogen and oxygen atoms in total. The van der Waals surface area contributed by atoms with Gasteiger partial charge in [0.2, 0.25) is 0 Å². The monoisotopic (exact) mass is 236 g/mol. The van der Waals surface area contributed by atoms with Crippen molar-refractivity contribution in [3.63, 3.8) is 0 Å². The lowest BCUT2D eigenvalue weighted by atomic mass is 10.1. The number of hydrazine groups is 1. The van der Waals surface area contributed by atoms with Crippen LogP contribution in [0.3, 0.4) is 0 Å². The number of nitrogens with two attached hydrogens (primary N) is 1. The Balaban J connectivity index is 2.27. The summed E-state index contributed by atoms with van der Waals surface area (Å²) >= 11 is 0. The van der Waals surface area contributed by atoms with E-state index in [0.29, 0.717) is 5.58 Å². The lowest BCUT2D eigenvalue weighted by Gasteiger charge is -2.11. The maximum absolute atomic E-state index is 13.0. The van der Waals surface area contributed by atoms with Crippen LogP contribution in [0.5, 0.6) is 0 Å². The number of hydrogen-bond donors (Lipinski definition) is 2. The molecule has 0 aliphatic rings. The van der Waals surface area contributed by atoms with Gasteiger partial charge in [0, 0.05) is 5.39 Å². The molecule has 0 fully saturated rings. The van der Waals surface area contributed by atoms with Gasteiger partial charge >= 0.3 is 0 Å². The number of nitrogens with one attached hydrogen (secondary N) is 1. The Morgan fingerprint density at radius 2 is 2.24 bits per heavy atom. The van der Waals surface area contributed by atoms with Crippen molar-refractivity contribution < 1.29 is 8.81 Å². The molecule has 4 heteroatoms. The van der Waals surface area contributed by atoms with Gasteiger partial charge in [-0.1, -0.05) is 19.8 Å². The number of furan rings is 1. The van der Waals surface area contributed by atoms with Crippen LogP contribution in [0.4, 0.5) is 4.39 Å². The highest BCUT2D eigenvalue weighted by atomic mass is 19.1. The lowest BCUT2D eigenvalue weighted by molar-refractivity contribution is 0.407. The SMILES string of the molecule is CCCCC(NN)c1cc2cc(F)ccc2o1. The van der Waals surface area contributed by atoms with Crippen LogP contribution in [0.15, 0.2) is 28.7 Å². The molecule has 1 heterocycles. The first-order valence-electron chi connectivity index (χ1n) is 5.89. The number of unbranched alkanes of at least 4 members (excludes halogenated alkanes) is 1. The topological polar surface area (TPSA) is 51.2 Å². The number of halogens is 1. The Morgan fingerprint density at radius 3 is 2.94 bits per heavy atom. The number of rotatable bonds is 5. The predicted molar refractivity (Wildman–Crippen MR) is 65.8 cm³/mol. The summed E-state index contributed by atoms with van der Waals surface area (Å²) in [6, 6.07) is 6.34. The molecular formula is C13H17FN2O. The van der Waals surface area contributed by atoms with Crippen LogP contribution in [0.25, 0.3) is 11.0 Å². The Bertz CT molecular complexity index is 495. The van der Waals surface area contributed by atoms with E-state index in [4.69, 9.17) is 10.3 Å². The van der Waals surface area contributed by atoms with Crippen LogP contribution < -0.4 is 11.3 Å². The lowest BCUT2D eigenvalue weighted by Crippen LogP contribution is -2.27. The zero-order valence-corrected chi connectivity index (χ0v) is 9.87. The van der Waals surface area contributed by atoms with E-state index in [-0.39, 0.29) is 11.9 Å². The molecule has 2 aromatic rings. The van der Waals surface area contributed by atoms with E-state index in [1.165, 1.54) is 12.1 Å². The average Bonchev–Trinajstić information content (AvgIpc) is 2.72. The van der Waals surface area contributed by atoms with Gasteiger partial charge in [-0.2, -0.15) is 0 Å². The summed E-state index contributed by atoms with van der Waals surface area (Å²) in [6.45, 7) is 2.13. The van der Waals surface area contributed by atoms with Crippen LogP contribution in [-0.4, -0.2) is 0 Å². The molecule has 0 amide bonds. The van der Waals surface area contributed by atoms with Gasteiger partial charge in [0.15, 0.2) is 0 Å². The Hall–Kier alpha value is -1.39. The fourth-order valence-electron chi connectivity index (χ4n) is 1.92. The highest BCUT2D eigenvalue weighted by molar-refractivity contribution is 5.78. The molecule has 1 aromatic carbocycles. The van der Waals surface area contributed by atoms with Crippen LogP contribution in [-0.2, 0) is 0 Å². The minimum Gasteiger partial charge on any atom is -0.459 e. The first-order valence-corrected chi connectivity index (χ1v) is 5.89. The van der Waals surface area contributed by atoms with E-state index in [2.05, 4.69) is 12.3 Å². The van der Waals surface area contributed by atoms with Gasteiger partial charge < -0.3 is 4.42 Å². The van der Waals surface area contributed by atoms with E-state index in [9.17, 15) is 4.39 Å². The largest absolute Gasteiger partial charge is 0.459 e. The zero-order valence-electron chi connectivity index (χ0n) is 9.87. The summed E-state index contributed by atoms with van der Waals surface area (Å²) < 4.78 is 18.7. The predicted octanol–water partition coefficient (Wildman–Crippen LogP) is 3.27. The normalized spacial score (nSPS) is 13.1. The fourth-order valence-corrected chi connectivity index (χ4v) is 1.92. The van der Waals surface area contributed by atoms with Gasteiger partial charge in [-0.25, -0.2) is 9.82 Å². The van der Waals surface area contributed by atoms with Crippen molar-refractivity contribution in [3.05, 3.63) is 35.8 Å². The maximum Gasteiger partial charge on any atom is 0.134 e. The van der Waals surface area contributed by atoms with Gasteiger partial charge in [0.25, 0.3) is 0 Å². The molecule has 0 spiro atoms. The van der Waals surface area contributed by atoms with Gasteiger partial charge in [-0.15, -0.1) is 0 Å². The maximum atomic E-state index is 13.0. The standard InChI is InChI=1S/C13H17FN2O/c1-2-3-4-11(16-15)13-8-9-7-10(14)5-6-12(9)17-13/h5-8,11,16H,2-4,15H2,1H3.